The molecule has 0 saturated carbocycles. The topological polar surface area (TPSA) is 179 Å². The number of methoxy groups -OCH3 is 4. The predicted molar refractivity (Wildman–Crippen MR) is 184 cm³/mol. The van der Waals surface area contributed by atoms with E-state index in [1.54, 1.807) is 101 Å². The molecule has 0 unspecified atom stereocenters. The van der Waals surface area contributed by atoms with Crippen molar-refractivity contribution in [3.05, 3.63) is 95.1 Å². The van der Waals surface area contributed by atoms with E-state index in [0.29, 0.717) is 45.3 Å². The van der Waals surface area contributed by atoms with Crippen LogP contribution in [0.15, 0.2) is 92.8 Å². The van der Waals surface area contributed by atoms with Crippen LogP contribution in [0.2, 0.25) is 0 Å². The number of ether oxygens (including phenoxy) is 4. The van der Waals surface area contributed by atoms with Crippen LogP contribution in [-0.4, -0.2) is 81.5 Å². The molecule has 50 heavy (non-hydrogen) atoms. The van der Waals surface area contributed by atoms with E-state index in [-0.39, 0.29) is 57.1 Å². The van der Waals surface area contributed by atoms with Crippen LogP contribution < -0.4 is 39.4 Å². The van der Waals surface area contributed by atoms with Gasteiger partial charge in [-0.1, -0.05) is 71.5 Å². The van der Waals surface area contributed by atoms with Crippen LogP contribution >= 0.6 is 0 Å². The Morgan fingerprint density at radius 1 is 0.380 bits per heavy atom. The molecule has 0 heterocycles. The van der Waals surface area contributed by atoms with Gasteiger partial charge >= 0.3 is 34.1 Å². The molecular weight excluding hydrogens is 744 g/mol. The Kier molecular flexibility index (Phi) is 25.3. The minimum atomic E-state index is -0.120. The molecule has 0 atom stereocenters. The van der Waals surface area contributed by atoms with Crippen LogP contribution in [-0.2, 0) is 34.1 Å². The van der Waals surface area contributed by atoms with Crippen molar-refractivity contribution in [1.82, 2.24) is 0 Å². The van der Waals surface area contributed by atoms with Crippen LogP contribution in [0.25, 0.3) is 0 Å². The zero-order valence-corrected chi connectivity index (χ0v) is 30.8. The van der Waals surface area contributed by atoms with Crippen LogP contribution in [0, 0.1) is 0 Å². The van der Waals surface area contributed by atoms with Gasteiger partial charge in [-0.05, 0) is 46.5 Å². The maximum Gasteiger partial charge on any atom is 2.00 e. The quantitative estimate of drug-likeness (QED) is 0.193. The Hall–Kier alpha value is -5.00. The van der Waals surface area contributed by atoms with E-state index >= 15 is 0 Å². The van der Waals surface area contributed by atoms with Gasteiger partial charge in [-0.25, -0.2) is 0 Å². The molecule has 14 heteroatoms. The Labute approximate surface area is 314 Å². The third kappa shape index (κ3) is 15.0. The summed E-state index contributed by atoms with van der Waals surface area (Å²) in [4.78, 5) is 15.0. The minimum Gasteiger partial charge on any atom is -0.870 e. The first-order valence-electron chi connectivity index (χ1n) is 14.2. The molecule has 0 aliphatic carbocycles. The second-order valence-corrected chi connectivity index (χ2v) is 9.06. The van der Waals surface area contributed by atoms with Crippen molar-refractivity contribution in [2.24, 2.45) is 20.0 Å². The molecule has 0 saturated heterocycles. The van der Waals surface area contributed by atoms with Gasteiger partial charge in [0.1, 0.15) is 23.0 Å². The second kappa shape index (κ2) is 26.9. The third-order valence-corrected chi connectivity index (χ3v) is 5.99. The molecule has 0 fully saturated rings. The number of nitrogens with zero attached hydrogens (tertiary/aromatic N) is 4. The van der Waals surface area contributed by atoms with Gasteiger partial charge in [-0.2, -0.15) is 0 Å². The first-order chi connectivity index (χ1) is 23.2. The molecule has 0 aliphatic rings. The first kappa shape index (κ1) is 47.1. The second-order valence-electron chi connectivity index (χ2n) is 9.06. The standard InChI is InChI=1S/4C9H11NO2.2Cu/c4*1-10-6-7-4-3-5-8(12-2)9(7)11;;/h4*3-6,11H,1-2H3;;/q;;;;2*+2/p-4. The molecule has 0 aromatic heterocycles. The van der Waals surface area contributed by atoms with Gasteiger partial charge in [0.2, 0.25) is 0 Å². The molecule has 4 aromatic carbocycles. The molecule has 12 nitrogen and oxygen atoms in total. The summed E-state index contributed by atoms with van der Waals surface area (Å²) in [6.45, 7) is 0. The fraction of sp³-hybridized carbons (Fsp3) is 0.222. The van der Waals surface area contributed by atoms with Crippen molar-refractivity contribution in [3.8, 4) is 46.0 Å². The van der Waals surface area contributed by atoms with Gasteiger partial charge in [0, 0.05) is 53.0 Å². The van der Waals surface area contributed by atoms with Gasteiger partial charge in [0.25, 0.3) is 0 Å². The molecule has 2 radical (unpaired) electrons. The largest absolute Gasteiger partial charge is 2.00 e. The maximum atomic E-state index is 11.4. The smallest absolute Gasteiger partial charge is 0.870 e. The maximum absolute atomic E-state index is 11.4. The summed E-state index contributed by atoms with van der Waals surface area (Å²) in [6.07, 6.45) is 6.07. The summed E-state index contributed by atoms with van der Waals surface area (Å²) < 4.78 is 19.4. The van der Waals surface area contributed by atoms with Gasteiger partial charge < -0.3 is 39.4 Å². The normalized spacial score (nSPS) is 10.1. The fourth-order valence-electron chi connectivity index (χ4n) is 3.74. The van der Waals surface area contributed by atoms with E-state index in [1.807, 2.05) is 0 Å². The van der Waals surface area contributed by atoms with Crippen molar-refractivity contribution in [1.29, 1.82) is 0 Å². The summed E-state index contributed by atoms with van der Waals surface area (Å²) in [7, 11) is 12.4. The van der Waals surface area contributed by atoms with E-state index in [0.717, 1.165) is 0 Å². The van der Waals surface area contributed by atoms with E-state index in [4.69, 9.17) is 18.9 Å². The summed E-state index contributed by atoms with van der Waals surface area (Å²) in [5.41, 5.74) is 2.21. The van der Waals surface area contributed by atoms with Crippen molar-refractivity contribution >= 4 is 24.9 Å². The van der Waals surface area contributed by atoms with Gasteiger partial charge in [-0.3, -0.25) is 20.0 Å². The summed E-state index contributed by atoms with van der Waals surface area (Å²) in [5.74, 6) is 0.937. The van der Waals surface area contributed by atoms with E-state index in [1.165, 1.54) is 53.3 Å². The van der Waals surface area contributed by atoms with Crippen LogP contribution in [0.1, 0.15) is 22.3 Å². The van der Waals surface area contributed by atoms with E-state index in [2.05, 4.69) is 20.0 Å². The molecule has 0 bridgehead atoms. The van der Waals surface area contributed by atoms with Crippen LogP contribution in [0.3, 0.4) is 0 Å². The van der Waals surface area contributed by atoms with Crippen molar-refractivity contribution < 1.29 is 73.5 Å². The molecule has 4 aromatic rings. The average molecular weight is 784 g/mol. The van der Waals surface area contributed by atoms with Crippen molar-refractivity contribution in [3.63, 3.8) is 0 Å². The van der Waals surface area contributed by atoms with E-state index < -0.39 is 0 Å². The monoisotopic (exact) mass is 782 g/mol. The fourth-order valence-corrected chi connectivity index (χ4v) is 3.74. The van der Waals surface area contributed by atoms with Gasteiger partial charge in [0.15, 0.2) is 0 Å². The molecule has 0 N–H and O–H groups in total. The Morgan fingerprint density at radius 2 is 0.560 bits per heavy atom. The number of benzene rings is 4. The number of para-hydroxylation sites is 4. The molecule has 0 spiro atoms. The minimum absolute atomic E-state index is 0. The Bertz CT molecular complexity index is 1440. The van der Waals surface area contributed by atoms with Crippen molar-refractivity contribution in [2.45, 2.75) is 0 Å². The van der Waals surface area contributed by atoms with Gasteiger partial charge in [-0.15, -0.1) is 0 Å². The van der Waals surface area contributed by atoms with E-state index in [9.17, 15) is 20.4 Å². The molecule has 0 amide bonds. The summed E-state index contributed by atoms with van der Waals surface area (Å²) >= 11 is 0. The van der Waals surface area contributed by atoms with Crippen LogP contribution in [0.4, 0.5) is 0 Å². The molecule has 0 aliphatic heterocycles. The Balaban J connectivity index is 0. The number of hydrogen-bond acceptors (Lipinski definition) is 12. The first-order valence-corrected chi connectivity index (χ1v) is 14.2. The average Bonchev–Trinajstić information content (AvgIpc) is 3.10. The number of rotatable bonds is 8. The molecule has 274 valence electrons. The molecular formula is C36H40Cu2N4O8. The van der Waals surface area contributed by atoms with Crippen LogP contribution in [0.5, 0.6) is 46.0 Å². The summed E-state index contributed by atoms with van der Waals surface area (Å²) in [6, 6.07) is 20.4. The Morgan fingerprint density at radius 3 is 0.700 bits per heavy atom. The van der Waals surface area contributed by atoms with Gasteiger partial charge in [0.05, 0.1) is 28.4 Å². The number of aliphatic imine (C=N–C) groups is 4. The SMILES string of the molecule is CN=Cc1cccc(OC)c1[O-].CN=Cc1cccc(OC)c1[O-].CN=Cc1cccc(OC)c1[O-].CN=Cc1cccc(OC)c1[O-].[Cu+2].[Cu+2]. The summed E-state index contributed by atoms with van der Waals surface area (Å²) in [5, 5.41) is 45.5. The van der Waals surface area contributed by atoms with Crippen molar-refractivity contribution in [2.75, 3.05) is 56.6 Å². The third-order valence-electron chi connectivity index (χ3n) is 5.99. The zero-order chi connectivity index (χ0) is 35.9. The zero-order valence-electron chi connectivity index (χ0n) is 28.9. The number of hydrogen-bond donors (Lipinski definition) is 0. The molecule has 4 rings (SSSR count). The predicted octanol–water partition coefficient (Wildman–Crippen LogP) is 3.27.